The average molecular weight is 153 g/mol. The van der Waals surface area contributed by atoms with Crippen molar-refractivity contribution in [2.24, 2.45) is 5.92 Å². The second-order valence-corrected chi connectivity index (χ2v) is 3.80. The number of hydrogen-bond acceptors (Lipinski definition) is 2. The molecule has 62 valence electrons. The summed E-state index contributed by atoms with van der Waals surface area (Å²) >= 11 is 0. The molecule has 0 bridgehead atoms. The molecule has 1 aliphatic heterocycles. The van der Waals surface area contributed by atoms with E-state index in [-0.39, 0.29) is 0 Å². The van der Waals surface area contributed by atoms with Crippen LogP contribution in [-0.4, -0.2) is 18.4 Å². The van der Waals surface area contributed by atoms with Crippen molar-refractivity contribution in [1.82, 2.24) is 5.32 Å². The van der Waals surface area contributed by atoms with Gasteiger partial charge in [-0.2, -0.15) is 0 Å². The minimum atomic E-state index is 0.503. The predicted molar refractivity (Wildman–Crippen MR) is 43.4 cm³/mol. The topological polar surface area (TPSA) is 29.1 Å². The van der Waals surface area contributed by atoms with Crippen molar-refractivity contribution in [3.8, 4) is 0 Å². The van der Waals surface area contributed by atoms with Crippen molar-refractivity contribution in [3.63, 3.8) is 0 Å². The maximum Gasteiger partial charge on any atom is 0.121 e. The number of fused-ring (bicyclic) bond motifs is 1. The molecule has 2 aliphatic rings. The summed E-state index contributed by atoms with van der Waals surface area (Å²) in [7, 11) is 0. The third kappa shape index (κ3) is 1.32. The number of carbonyl (C=O) groups excluding carboxylic acids is 1. The summed E-state index contributed by atoms with van der Waals surface area (Å²) in [5.74, 6) is 0.889. The van der Waals surface area contributed by atoms with Crippen molar-refractivity contribution >= 4 is 6.29 Å². The molecule has 0 radical (unpaired) electrons. The Labute approximate surface area is 67.4 Å². The monoisotopic (exact) mass is 153 g/mol. The zero-order valence-corrected chi connectivity index (χ0v) is 6.75. The molecule has 2 rings (SSSR count). The van der Waals surface area contributed by atoms with E-state index in [0.29, 0.717) is 12.5 Å². The summed E-state index contributed by atoms with van der Waals surface area (Å²) in [6.45, 7) is 0. The Hall–Kier alpha value is -0.370. The molecule has 0 aromatic heterocycles. The molecule has 0 aromatic rings. The largest absolute Gasteiger partial charge is 0.311 e. The average Bonchev–Trinajstić information content (AvgIpc) is 2.46. The molecule has 3 atom stereocenters. The molecule has 2 nitrogen and oxygen atoms in total. The molecule has 11 heavy (non-hydrogen) atoms. The van der Waals surface area contributed by atoms with Gasteiger partial charge in [-0.25, -0.2) is 0 Å². The first-order valence-electron chi connectivity index (χ1n) is 4.60. The summed E-state index contributed by atoms with van der Waals surface area (Å²) in [6.07, 6.45) is 7.10. The molecule has 1 N–H and O–H groups in total. The second kappa shape index (κ2) is 2.94. The fraction of sp³-hybridized carbons (Fsp3) is 0.889. The lowest BCUT2D eigenvalue weighted by molar-refractivity contribution is -0.108. The number of nitrogens with one attached hydrogen (secondary N) is 1. The normalized spacial score (nSPS) is 42.4. The van der Waals surface area contributed by atoms with Crippen LogP contribution in [0.5, 0.6) is 0 Å². The third-order valence-electron chi connectivity index (χ3n) is 3.08. The van der Waals surface area contributed by atoms with Crippen molar-refractivity contribution in [1.29, 1.82) is 0 Å². The Morgan fingerprint density at radius 2 is 2.36 bits per heavy atom. The summed E-state index contributed by atoms with van der Waals surface area (Å²) in [5.41, 5.74) is 0. The zero-order valence-electron chi connectivity index (χ0n) is 6.75. The van der Waals surface area contributed by atoms with E-state index in [1.165, 1.54) is 25.7 Å². The molecule has 1 aliphatic carbocycles. The maximum absolute atomic E-state index is 10.2. The van der Waals surface area contributed by atoms with Crippen LogP contribution in [0, 0.1) is 5.92 Å². The van der Waals surface area contributed by atoms with Crippen molar-refractivity contribution in [2.75, 3.05) is 0 Å². The smallest absolute Gasteiger partial charge is 0.121 e. The van der Waals surface area contributed by atoms with Crippen LogP contribution >= 0.6 is 0 Å². The van der Waals surface area contributed by atoms with Crippen LogP contribution in [0.3, 0.4) is 0 Å². The minimum absolute atomic E-state index is 0.503. The molecule has 0 aromatic carbocycles. The zero-order chi connectivity index (χ0) is 7.68. The van der Waals surface area contributed by atoms with Gasteiger partial charge in [0, 0.05) is 18.5 Å². The van der Waals surface area contributed by atoms with E-state index < -0.39 is 0 Å². The number of hydrogen-bond donors (Lipinski definition) is 1. The summed E-state index contributed by atoms with van der Waals surface area (Å²) < 4.78 is 0. The lowest BCUT2D eigenvalue weighted by Gasteiger charge is -2.08. The Kier molecular flexibility index (Phi) is 1.95. The van der Waals surface area contributed by atoms with Crippen molar-refractivity contribution in [2.45, 2.75) is 44.2 Å². The summed E-state index contributed by atoms with van der Waals surface area (Å²) in [5, 5.41) is 3.52. The van der Waals surface area contributed by atoms with Gasteiger partial charge >= 0.3 is 0 Å². The fourth-order valence-corrected chi connectivity index (χ4v) is 2.56. The number of aldehydes is 1. The van der Waals surface area contributed by atoms with Crippen molar-refractivity contribution < 1.29 is 4.79 Å². The molecule has 0 amide bonds. The van der Waals surface area contributed by atoms with Crippen LogP contribution in [0.4, 0.5) is 0 Å². The van der Waals surface area contributed by atoms with Crippen LogP contribution in [-0.2, 0) is 4.79 Å². The van der Waals surface area contributed by atoms with Crippen LogP contribution in [0.25, 0.3) is 0 Å². The molecule has 0 unspecified atom stereocenters. The van der Waals surface area contributed by atoms with Gasteiger partial charge in [0.05, 0.1) is 0 Å². The van der Waals surface area contributed by atoms with Crippen LogP contribution in [0.15, 0.2) is 0 Å². The first-order chi connectivity index (χ1) is 5.40. The molecule has 2 heteroatoms. The highest BCUT2D eigenvalue weighted by Gasteiger charge is 2.36. The SMILES string of the molecule is O=CC[C@@H]1C[C@@H]2CCC[C@@H]2N1. The first-order valence-corrected chi connectivity index (χ1v) is 4.60. The Bertz CT molecular complexity index is 146. The highest BCUT2D eigenvalue weighted by Crippen LogP contribution is 2.35. The highest BCUT2D eigenvalue weighted by atomic mass is 16.1. The van der Waals surface area contributed by atoms with Gasteiger partial charge in [0.25, 0.3) is 0 Å². The van der Waals surface area contributed by atoms with E-state index in [9.17, 15) is 4.79 Å². The predicted octanol–water partition coefficient (Wildman–Crippen LogP) is 1.11. The second-order valence-electron chi connectivity index (χ2n) is 3.80. The molecule has 1 heterocycles. The lowest BCUT2D eigenvalue weighted by atomic mass is 10.0. The van der Waals surface area contributed by atoms with Gasteiger partial charge in [-0.1, -0.05) is 6.42 Å². The molecule has 1 saturated carbocycles. The van der Waals surface area contributed by atoms with Gasteiger partial charge in [-0.3, -0.25) is 0 Å². The summed E-state index contributed by atoms with van der Waals surface area (Å²) in [6, 6.07) is 1.25. The van der Waals surface area contributed by atoms with E-state index in [1.807, 2.05) is 0 Å². The minimum Gasteiger partial charge on any atom is -0.311 e. The Balaban J connectivity index is 1.89. The van der Waals surface area contributed by atoms with E-state index in [1.54, 1.807) is 0 Å². The quantitative estimate of drug-likeness (QED) is 0.602. The maximum atomic E-state index is 10.2. The van der Waals surface area contributed by atoms with Crippen LogP contribution in [0.2, 0.25) is 0 Å². The van der Waals surface area contributed by atoms with E-state index in [0.717, 1.165) is 18.2 Å². The van der Waals surface area contributed by atoms with Crippen LogP contribution in [0.1, 0.15) is 32.1 Å². The van der Waals surface area contributed by atoms with Gasteiger partial charge < -0.3 is 10.1 Å². The molecular formula is C9H15NO. The van der Waals surface area contributed by atoms with Crippen LogP contribution < -0.4 is 5.32 Å². The standard InChI is InChI=1S/C9H15NO/c11-5-4-8-6-7-2-1-3-9(7)10-8/h5,7-10H,1-4,6H2/t7-,8+,9-/m0/s1. The molecule has 1 saturated heterocycles. The van der Waals surface area contributed by atoms with E-state index >= 15 is 0 Å². The molecule has 2 fully saturated rings. The van der Waals surface area contributed by atoms with Gasteiger partial charge in [0.15, 0.2) is 0 Å². The van der Waals surface area contributed by atoms with Gasteiger partial charge in [0.1, 0.15) is 6.29 Å². The van der Waals surface area contributed by atoms with Gasteiger partial charge in [0.2, 0.25) is 0 Å². The third-order valence-corrected chi connectivity index (χ3v) is 3.08. The Morgan fingerprint density at radius 3 is 3.09 bits per heavy atom. The first kappa shape index (κ1) is 7.29. The number of rotatable bonds is 2. The van der Waals surface area contributed by atoms with Crippen molar-refractivity contribution in [3.05, 3.63) is 0 Å². The fourth-order valence-electron chi connectivity index (χ4n) is 2.56. The van der Waals surface area contributed by atoms with Gasteiger partial charge in [-0.05, 0) is 25.2 Å². The number of carbonyl (C=O) groups is 1. The van der Waals surface area contributed by atoms with Gasteiger partial charge in [-0.15, -0.1) is 0 Å². The van der Waals surface area contributed by atoms with E-state index in [4.69, 9.17) is 0 Å². The Morgan fingerprint density at radius 1 is 1.45 bits per heavy atom. The summed E-state index contributed by atoms with van der Waals surface area (Å²) in [4.78, 5) is 10.2. The molecule has 0 spiro atoms. The van der Waals surface area contributed by atoms with E-state index in [2.05, 4.69) is 5.32 Å². The lowest BCUT2D eigenvalue weighted by Crippen LogP contribution is -2.29. The molecular weight excluding hydrogens is 138 g/mol. The highest BCUT2D eigenvalue weighted by molar-refractivity contribution is 5.50.